The van der Waals surface area contributed by atoms with Crippen LogP contribution in [0.3, 0.4) is 0 Å². The Morgan fingerprint density at radius 3 is 2.73 bits per heavy atom. The van der Waals surface area contributed by atoms with Crippen molar-refractivity contribution in [1.82, 2.24) is 4.98 Å². The molecule has 4 nitrogen and oxygen atoms in total. The maximum absolute atomic E-state index is 13.2. The number of aryl methyl sites for hydroxylation is 1. The molecule has 132 valence electrons. The van der Waals surface area contributed by atoms with Crippen molar-refractivity contribution in [2.75, 3.05) is 4.90 Å². The lowest BCUT2D eigenvalue weighted by Crippen LogP contribution is -2.35. The van der Waals surface area contributed by atoms with E-state index in [-0.39, 0.29) is 11.9 Å². The lowest BCUT2D eigenvalue weighted by molar-refractivity contribution is 0.0984. The van der Waals surface area contributed by atoms with E-state index in [9.17, 15) is 4.79 Å². The summed E-state index contributed by atoms with van der Waals surface area (Å²) >= 11 is 1.42. The average Bonchev–Trinajstić information content (AvgIpc) is 3.19. The molecule has 1 amide bonds. The van der Waals surface area contributed by atoms with E-state index in [4.69, 9.17) is 4.74 Å². The SMILES string of the molecule is Cc1nc(COc2ccccc2)sc1C(=O)N1c2ccccc2CC1C. The van der Waals surface area contributed by atoms with Gasteiger partial charge in [-0.25, -0.2) is 4.98 Å². The number of nitrogens with zero attached hydrogens (tertiary/aromatic N) is 2. The van der Waals surface area contributed by atoms with Gasteiger partial charge in [0.15, 0.2) is 0 Å². The van der Waals surface area contributed by atoms with E-state index < -0.39 is 0 Å². The number of carbonyl (C=O) groups excluding carboxylic acids is 1. The predicted octanol–water partition coefficient (Wildman–Crippen LogP) is 4.62. The standard InChI is InChI=1S/C21H20N2O2S/c1-14-12-16-8-6-7-11-18(16)23(14)21(24)20-15(2)22-19(26-20)13-25-17-9-4-3-5-10-17/h3-11,14H,12-13H2,1-2H3. The molecule has 0 saturated carbocycles. The number of fused-ring (bicyclic) bond motifs is 1. The van der Waals surface area contributed by atoms with Crippen LogP contribution in [0.25, 0.3) is 0 Å². The van der Waals surface area contributed by atoms with Gasteiger partial charge in [0.2, 0.25) is 0 Å². The minimum Gasteiger partial charge on any atom is -0.486 e. The third-order valence-electron chi connectivity index (χ3n) is 4.57. The Balaban J connectivity index is 1.55. The number of rotatable bonds is 4. The Labute approximate surface area is 157 Å². The highest BCUT2D eigenvalue weighted by molar-refractivity contribution is 7.13. The molecule has 26 heavy (non-hydrogen) atoms. The first-order valence-electron chi connectivity index (χ1n) is 8.69. The van der Waals surface area contributed by atoms with Crippen molar-refractivity contribution < 1.29 is 9.53 Å². The van der Waals surface area contributed by atoms with Gasteiger partial charge >= 0.3 is 0 Å². The van der Waals surface area contributed by atoms with Crippen LogP contribution in [0.4, 0.5) is 5.69 Å². The molecule has 1 aliphatic rings. The Hall–Kier alpha value is -2.66. The second kappa shape index (κ2) is 6.92. The van der Waals surface area contributed by atoms with Crippen LogP contribution in [0.1, 0.15) is 32.9 Å². The molecule has 0 saturated heterocycles. The number of benzene rings is 2. The summed E-state index contributed by atoms with van der Waals surface area (Å²) in [5, 5.41) is 0.815. The first-order chi connectivity index (χ1) is 12.6. The molecular formula is C21H20N2O2S. The lowest BCUT2D eigenvalue weighted by atomic mass is 10.1. The Morgan fingerprint density at radius 1 is 1.19 bits per heavy atom. The molecule has 0 fully saturated rings. The second-order valence-corrected chi connectivity index (χ2v) is 7.56. The van der Waals surface area contributed by atoms with Crippen molar-refractivity contribution in [1.29, 1.82) is 0 Å². The summed E-state index contributed by atoms with van der Waals surface area (Å²) in [5.74, 6) is 0.832. The number of carbonyl (C=O) groups is 1. The third kappa shape index (κ3) is 3.10. The van der Waals surface area contributed by atoms with Gasteiger partial charge in [0, 0.05) is 11.7 Å². The topological polar surface area (TPSA) is 42.4 Å². The van der Waals surface area contributed by atoms with Crippen molar-refractivity contribution in [2.45, 2.75) is 32.9 Å². The zero-order valence-electron chi connectivity index (χ0n) is 14.8. The highest BCUT2D eigenvalue weighted by Crippen LogP contribution is 2.34. The molecule has 3 aromatic rings. The lowest BCUT2D eigenvalue weighted by Gasteiger charge is -2.22. The van der Waals surface area contributed by atoms with E-state index in [2.05, 4.69) is 18.0 Å². The molecule has 1 aliphatic heterocycles. The van der Waals surface area contributed by atoms with Gasteiger partial charge in [-0.2, -0.15) is 0 Å². The minimum atomic E-state index is 0.0309. The van der Waals surface area contributed by atoms with Gasteiger partial charge in [0.25, 0.3) is 5.91 Å². The summed E-state index contributed by atoms with van der Waals surface area (Å²) in [6, 6.07) is 17.9. The molecule has 4 rings (SSSR count). The molecule has 5 heteroatoms. The van der Waals surface area contributed by atoms with Crippen LogP contribution < -0.4 is 9.64 Å². The van der Waals surface area contributed by atoms with Gasteiger partial charge in [-0.1, -0.05) is 36.4 Å². The van der Waals surface area contributed by atoms with Crippen LogP contribution in [-0.4, -0.2) is 16.9 Å². The molecule has 0 radical (unpaired) electrons. The van der Waals surface area contributed by atoms with Crippen LogP contribution in [0.5, 0.6) is 5.75 Å². The summed E-state index contributed by atoms with van der Waals surface area (Å²) in [4.78, 5) is 20.3. The largest absolute Gasteiger partial charge is 0.486 e. The maximum Gasteiger partial charge on any atom is 0.270 e. The smallest absolute Gasteiger partial charge is 0.270 e. The number of ether oxygens (including phenoxy) is 1. The monoisotopic (exact) mass is 364 g/mol. The highest BCUT2D eigenvalue weighted by Gasteiger charge is 2.33. The Kier molecular flexibility index (Phi) is 4.47. The average molecular weight is 364 g/mol. The highest BCUT2D eigenvalue weighted by atomic mass is 32.1. The van der Waals surface area contributed by atoms with Gasteiger partial charge < -0.3 is 9.64 Å². The zero-order chi connectivity index (χ0) is 18.1. The summed E-state index contributed by atoms with van der Waals surface area (Å²) in [6.45, 7) is 4.35. The normalized spacial score (nSPS) is 15.8. The summed E-state index contributed by atoms with van der Waals surface area (Å²) in [7, 11) is 0. The molecule has 0 bridgehead atoms. The Bertz CT molecular complexity index is 936. The van der Waals surface area contributed by atoms with Crippen molar-refractivity contribution in [2.24, 2.45) is 0 Å². The van der Waals surface area contributed by atoms with E-state index in [0.29, 0.717) is 11.5 Å². The van der Waals surface area contributed by atoms with Gasteiger partial charge in [0.05, 0.1) is 5.69 Å². The van der Waals surface area contributed by atoms with Crippen molar-refractivity contribution in [3.8, 4) is 5.75 Å². The van der Waals surface area contributed by atoms with E-state index in [1.54, 1.807) is 0 Å². The summed E-state index contributed by atoms with van der Waals surface area (Å²) in [6.07, 6.45) is 0.893. The van der Waals surface area contributed by atoms with Crippen LogP contribution in [0, 0.1) is 6.92 Å². The number of hydrogen-bond donors (Lipinski definition) is 0. The maximum atomic E-state index is 13.2. The number of para-hydroxylation sites is 2. The molecule has 1 unspecified atom stereocenters. The van der Waals surface area contributed by atoms with Crippen LogP contribution in [-0.2, 0) is 13.0 Å². The van der Waals surface area contributed by atoms with Crippen LogP contribution in [0.2, 0.25) is 0 Å². The number of anilines is 1. The molecule has 1 aromatic heterocycles. The second-order valence-electron chi connectivity index (χ2n) is 6.48. The predicted molar refractivity (Wildman–Crippen MR) is 104 cm³/mol. The molecule has 2 heterocycles. The summed E-state index contributed by atoms with van der Waals surface area (Å²) in [5.41, 5.74) is 3.01. The quantitative estimate of drug-likeness (QED) is 0.678. The summed E-state index contributed by atoms with van der Waals surface area (Å²) < 4.78 is 5.77. The van der Waals surface area contributed by atoms with E-state index in [1.807, 2.05) is 60.4 Å². The molecular weight excluding hydrogens is 344 g/mol. The minimum absolute atomic E-state index is 0.0309. The fourth-order valence-electron chi connectivity index (χ4n) is 3.36. The van der Waals surface area contributed by atoms with E-state index >= 15 is 0 Å². The Morgan fingerprint density at radius 2 is 1.92 bits per heavy atom. The first-order valence-corrected chi connectivity index (χ1v) is 9.51. The molecule has 0 aliphatic carbocycles. The first kappa shape index (κ1) is 16.8. The number of amides is 1. The number of thiazole rings is 1. The van der Waals surface area contributed by atoms with Crippen molar-refractivity contribution in [3.63, 3.8) is 0 Å². The van der Waals surface area contributed by atoms with Gasteiger partial charge in [-0.15, -0.1) is 11.3 Å². The number of aromatic nitrogens is 1. The van der Waals surface area contributed by atoms with Crippen molar-refractivity contribution in [3.05, 3.63) is 75.7 Å². The third-order valence-corrected chi connectivity index (χ3v) is 5.69. The van der Waals surface area contributed by atoms with Gasteiger partial charge in [0.1, 0.15) is 22.2 Å². The molecule has 1 atom stereocenters. The zero-order valence-corrected chi connectivity index (χ0v) is 15.6. The van der Waals surface area contributed by atoms with Gasteiger partial charge in [-0.3, -0.25) is 4.79 Å². The fraction of sp³-hybridized carbons (Fsp3) is 0.238. The molecule has 2 aromatic carbocycles. The van der Waals surface area contributed by atoms with Crippen molar-refractivity contribution >= 4 is 22.9 Å². The fourth-order valence-corrected chi connectivity index (χ4v) is 4.27. The van der Waals surface area contributed by atoms with Crippen LogP contribution in [0.15, 0.2) is 54.6 Å². The van der Waals surface area contributed by atoms with Crippen LogP contribution >= 0.6 is 11.3 Å². The van der Waals surface area contributed by atoms with E-state index in [1.165, 1.54) is 16.9 Å². The van der Waals surface area contributed by atoms with E-state index in [0.717, 1.165) is 28.6 Å². The van der Waals surface area contributed by atoms with Gasteiger partial charge in [-0.05, 0) is 44.0 Å². The molecule has 0 spiro atoms. The number of hydrogen-bond acceptors (Lipinski definition) is 4. The molecule has 0 N–H and O–H groups in total.